The predicted octanol–water partition coefficient (Wildman–Crippen LogP) is 3.75. The molecule has 6 rings (SSSR count). The van der Waals surface area contributed by atoms with Crippen LogP contribution in [0.1, 0.15) is 25.1 Å². The molecule has 1 fully saturated rings. The number of hydrogen-bond acceptors (Lipinski definition) is 9. The number of benzene rings is 1. The number of ether oxygens (including phenoxy) is 1. The van der Waals surface area contributed by atoms with Crippen molar-refractivity contribution in [3.63, 3.8) is 0 Å². The number of amides is 1. The predicted molar refractivity (Wildman–Crippen MR) is 156 cm³/mol. The van der Waals surface area contributed by atoms with Gasteiger partial charge in [-0.05, 0) is 44.5 Å². The van der Waals surface area contributed by atoms with Gasteiger partial charge in [0.05, 0.1) is 18.1 Å². The van der Waals surface area contributed by atoms with Crippen LogP contribution < -0.4 is 4.74 Å². The average Bonchev–Trinajstić information content (AvgIpc) is 3.65. The molecule has 0 unspecified atom stereocenters. The quantitative estimate of drug-likeness (QED) is 0.263. The highest BCUT2D eigenvalue weighted by atomic mass is 32.2. The van der Waals surface area contributed by atoms with Crippen LogP contribution in [0.3, 0.4) is 0 Å². The van der Waals surface area contributed by atoms with Crippen LogP contribution in [-0.2, 0) is 17.9 Å². The zero-order chi connectivity index (χ0) is 29.8. The van der Waals surface area contributed by atoms with E-state index in [0.717, 1.165) is 50.2 Å². The molecule has 224 valence electrons. The number of halogens is 2. The van der Waals surface area contributed by atoms with E-state index >= 15 is 8.78 Å². The van der Waals surface area contributed by atoms with E-state index in [1.165, 1.54) is 11.0 Å². The van der Waals surface area contributed by atoms with Gasteiger partial charge in [-0.1, -0.05) is 23.9 Å². The molecule has 1 amide bonds. The molecule has 0 radical (unpaired) electrons. The maximum absolute atomic E-state index is 15.2. The van der Waals surface area contributed by atoms with Crippen LogP contribution in [0.4, 0.5) is 8.78 Å². The highest BCUT2D eigenvalue weighted by Crippen LogP contribution is 2.32. The van der Waals surface area contributed by atoms with Crippen LogP contribution in [0.2, 0.25) is 0 Å². The molecule has 2 aliphatic rings. The van der Waals surface area contributed by atoms with Crippen LogP contribution in [0.15, 0.2) is 60.2 Å². The highest BCUT2D eigenvalue weighted by molar-refractivity contribution is 7.99. The number of carbonyl (C=O) groups excluding carboxylic acids is 1. The first kappa shape index (κ1) is 28.9. The summed E-state index contributed by atoms with van der Waals surface area (Å²) in [5.74, 6) is -1.48. The molecule has 14 heteroatoms. The Balaban J connectivity index is 1.16. The van der Waals surface area contributed by atoms with Gasteiger partial charge in [0.2, 0.25) is 5.91 Å². The van der Waals surface area contributed by atoms with Crippen molar-refractivity contribution in [3.05, 3.63) is 72.5 Å². The second-order valence-corrected chi connectivity index (χ2v) is 11.7. The van der Waals surface area contributed by atoms with Gasteiger partial charge >= 0.3 is 0 Å². The highest BCUT2D eigenvalue weighted by Gasteiger charge is 2.23. The first-order chi connectivity index (χ1) is 20.9. The zero-order valence-corrected chi connectivity index (χ0v) is 24.5. The number of pyridine rings is 1. The van der Waals surface area contributed by atoms with Crippen molar-refractivity contribution in [2.24, 2.45) is 0 Å². The SMILES string of the molecule is CN1CCN(C(=O)Cn2ncc(-c3cc(F)c(OCc4nnc(S[C@H]5C=CCCC5)n4-c4cccnc4)cc3F)n2)CC1. The Kier molecular flexibility index (Phi) is 8.74. The number of thioether (sulfide) groups is 1. The smallest absolute Gasteiger partial charge is 0.246 e. The summed E-state index contributed by atoms with van der Waals surface area (Å²) in [5, 5.41) is 17.9. The Morgan fingerprint density at radius 2 is 1.98 bits per heavy atom. The fourth-order valence-corrected chi connectivity index (χ4v) is 6.13. The molecule has 43 heavy (non-hydrogen) atoms. The minimum Gasteiger partial charge on any atom is -0.482 e. The molecule has 1 atom stereocenters. The average molecular weight is 608 g/mol. The third kappa shape index (κ3) is 6.75. The number of carbonyl (C=O) groups is 1. The number of allylic oxidation sites excluding steroid dienone is 1. The summed E-state index contributed by atoms with van der Waals surface area (Å²) < 4.78 is 37.9. The number of aromatic nitrogens is 7. The minimum absolute atomic E-state index is 0.0794. The first-order valence-electron chi connectivity index (χ1n) is 14.1. The normalized spacial score (nSPS) is 17.4. The molecule has 0 saturated carbocycles. The van der Waals surface area contributed by atoms with E-state index in [2.05, 4.69) is 42.4 Å². The van der Waals surface area contributed by atoms with E-state index in [1.807, 2.05) is 17.7 Å². The van der Waals surface area contributed by atoms with Crippen molar-refractivity contribution in [1.29, 1.82) is 0 Å². The Labute approximate surface area is 251 Å². The van der Waals surface area contributed by atoms with Crippen LogP contribution in [0.5, 0.6) is 5.75 Å². The lowest BCUT2D eigenvalue weighted by molar-refractivity contribution is -0.133. The standard InChI is InChI=1S/C29H31F2N9O2S/c1-37-10-12-38(13-11-37)28(41)18-39-33-17-25(36-39)22-14-24(31)26(15-23(22)30)42-19-27-34-35-29(43-21-7-3-2-4-8-21)40(27)20-6-5-9-32-16-20/h3,5-7,9,14-17,21H,2,4,8,10-13,18-19H2,1H3/t21-/m0/s1. The number of nitrogens with zero attached hydrogens (tertiary/aromatic N) is 9. The third-order valence-electron chi connectivity index (χ3n) is 7.39. The second-order valence-electron chi connectivity index (χ2n) is 10.5. The van der Waals surface area contributed by atoms with E-state index < -0.39 is 11.6 Å². The second kappa shape index (κ2) is 13.0. The summed E-state index contributed by atoms with van der Waals surface area (Å²) in [4.78, 5) is 21.9. The summed E-state index contributed by atoms with van der Waals surface area (Å²) in [5.41, 5.74) is 0.773. The molecule has 0 bridgehead atoms. The molecular formula is C29H31F2N9O2S. The monoisotopic (exact) mass is 607 g/mol. The lowest BCUT2D eigenvalue weighted by atomic mass is 10.1. The number of piperazine rings is 1. The fraction of sp³-hybridized carbons (Fsp3) is 0.379. The molecule has 1 aliphatic carbocycles. The van der Waals surface area contributed by atoms with Crippen molar-refractivity contribution in [2.75, 3.05) is 33.2 Å². The molecule has 4 aromatic rings. The Bertz CT molecular complexity index is 1600. The Morgan fingerprint density at radius 3 is 2.74 bits per heavy atom. The lowest BCUT2D eigenvalue weighted by Crippen LogP contribution is -2.48. The third-order valence-corrected chi connectivity index (χ3v) is 8.57. The van der Waals surface area contributed by atoms with Crippen LogP contribution in [-0.4, -0.2) is 88.9 Å². The largest absolute Gasteiger partial charge is 0.482 e. The minimum atomic E-state index is -0.770. The van der Waals surface area contributed by atoms with Crippen LogP contribution in [0, 0.1) is 11.6 Å². The summed E-state index contributed by atoms with van der Waals surface area (Å²) in [7, 11) is 2.01. The van der Waals surface area contributed by atoms with Crippen molar-refractivity contribution in [2.45, 2.75) is 42.8 Å². The molecule has 1 aromatic carbocycles. The van der Waals surface area contributed by atoms with Gasteiger partial charge in [-0.3, -0.25) is 14.3 Å². The Hall–Kier alpha value is -4.17. The van der Waals surface area contributed by atoms with E-state index in [-0.39, 0.29) is 41.3 Å². The molecule has 0 N–H and O–H groups in total. The Morgan fingerprint density at radius 1 is 1.12 bits per heavy atom. The van der Waals surface area contributed by atoms with E-state index in [4.69, 9.17) is 4.74 Å². The summed E-state index contributed by atoms with van der Waals surface area (Å²) in [6.45, 7) is 2.61. The first-order valence-corrected chi connectivity index (χ1v) is 15.0. The van der Waals surface area contributed by atoms with Gasteiger partial charge in [0.1, 0.15) is 24.7 Å². The topological polar surface area (TPSA) is 107 Å². The van der Waals surface area contributed by atoms with E-state index in [9.17, 15) is 4.79 Å². The van der Waals surface area contributed by atoms with Gasteiger partial charge in [0.15, 0.2) is 22.5 Å². The van der Waals surface area contributed by atoms with Crippen molar-refractivity contribution < 1.29 is 18.3 Å². The van der Waals surface area contributed by atoms with E-state index in [1.54, 1.807) is 35.1 Å². The summed E-state index contributed by atoms with van der Waals surface area (Å²) in [6.07, 6.45) is 12.2. The molecule has 3 aromatic heterocycles. The van der Waals surface area contributed by atoms with Gasteiger partial charge in [0.25, 0.3) is 0 Å². The number of hydrogen-bond donors (Lipinski definition) is 0. The van der Waals surface area contributed by atoms with Crippen molar-refractivity contribution in [3.8, 4) is 22.7 Å². The van der Waals surface area contributed by atoms with Gasteiger partial charge in [0, 0.05) is 49.3 Å². The maximum atomic E-state index is 15.2. The molecule has 11 nitrogen and oxygen atoms in total. The fourth-order valence-electron chi connectivity index (χ4n) is 4.98. The van der Waals surface area contributed by atoms with Gasteiger partial charge < -0.3 is 14.5 Å². The molecular weight excluding hydrogens is 576 g/mol. The summed E-state index contributed by atoms with van der Waals surface area (Å²) in [6, 6.07) is 5.68. The van der Waals surface area contributed by atoms with Crippen LogP contribution >= 0.6 is 11.8 Å². The van der Waals surface area contributed by atoms with Crippen molar-refractivity contribution >= 4 is 17.7 Å². The van der Waals surface area contributed by atoms with Gasteiger partial charge in [-0.15, -0.1) is 10.2 Å². The van der Waals surface area contributed by atoms with Gasteiger partial charge in [-0.25, -0.2) is 8.78 Å². The van der Waals surface area contributed by atoms with Crippen LogP contribution in [0.25, 0.3) is 16.9 Å². The van der Waals surface area contributed by atoms with E-state index in [0.29, 0.717) is 24.1 Å². The van der Waals surface area contributed by atoms with Crippen molar-refractivity contribution in [1.82, 2.24) is 44.5 Å². The zero-order valence-electron chi connectivity index (χ0n) is 23.6. The number of rotatable bonds is 9. The number of likely N-dealkylation sites (N-methyl/N-ethyl adjacent to an activating group) is 1. The lowest BCUT2D eigenvalue weighted by Gasteiger charge is -2.32. The molecule has 0 spiro atoms. The summed E-state index contributed by atoms with van der Waals surface area (Å²) >= 11 is 1.59. The molecule has 4 heterocycles. The molecule has 1 saturated heterocycles. The van der Waals surface area contributed by atoms with Gasteiger partial charge in [-0.2, -0.15) is 15.0 Å². The molecule has 1 aliphatic heterocycles. The maximum Gasteiger partial charge on any atom is 0.246 e.